The number of nitrogens with one attached hydrogen (secondary N) is 2. The van der Waals surface area contributed by atoms with Gasteiger partial charge in [-0.3, -0.25) is 4.72 Å². The Labute approximate surface area is 142 Å². The van der Waals surface area contributed by atoms with Gasteiger partial charge in [0.2, 0.25) is 10.0 Å². The molecule has 0 amide bonds. The molecule has 0 unspecified atom stereocenters. The summed E-state index contributed by atoms with van der Waals surface area (Å²) in [7, 11) is -5.93. The molecule has 0 heterocycles. The first-order valence-electron chi connectivity index (χ1n) is 7.50. The average Bonchev–Trinajstić information content (AvgIpc) is 3.02. The zero-order valence-corrected chi connectivity index (χ0v) is 14.7. The predicted molar refractivity (Wildman–Crippen MR) is 92.0 cm³/mol. The van der Waals surface area contributed by atoms with Crippen LogP contribution in [-0.4, -0.2) is 23.9 Å². The topological polar surface area (TPSA) is 92.3 Å². The first-order valence-corrected chi connectivity index (χ1v) is 10.5. The van der Waals surface area contributed by atoms with Gasteiger partial charge in [0.25, 0.3) is 10.0 Å². The highest BCUT2D eigenvalue weighted by atomic mass is 32.2. The van der Waals surface area contributed by atoms with Crippen LogP contribution < -0.4 is 9.44 Å². The molecule has 0 aliphatic heterocycles. The van der Waals surface area contributed by atoms with Crippen LogP contribution >= 0.6 is 0 Å². The second kappa shape index (κ2) is 6.19. The lowest BCUT2D eigenvalue weighted by atomic mass is 10.1. The summed E-state index contributed by atoms with van der Waals surface area (Å²) >= 11 is 0. The van der Waals surface area contributed by atoms with Crippen LogP contribution in [0.2, 0.25) is 0 Å². The lowest BCUT2D eigenvalue weighted by Crippen LogP contribution is -2.18. The Bertz CT molecular complexity index is 966. The Balaban J connectivity index is 1.85. The van der Waals surface area contributed by atoms with Crippen molar-refractivity contribution in [1.29, 1.82) is 0 Å². The Hall–Kier alpha value is -1.90. The normalized spacial score (nSPS) is 14.4. The van der Waals surface area contributed by atoms with E-state index in [4.69, 9.17) is 0 Å². The van der Waals surface area contributed by atoms with E-state index in [-0.39, 0.29) is 9.79 Å². The van der Waals surface area contributed by atoms with Crippen LogP contribution in [0.15, 0.2) is 52.3 Å². The number of hydrogen-bond acceptors (Lipinski definition) is 4. The van der Waals surface area contributed by atoms with Crippen molar-refractivity contribution >= 4 is 25.7 Å². The minimum absolute atomic E-state index is 0.0745. The molecule has 2 N–H and O–H groups in total. The summed E-state index contributed by atoms with van der Waals surface area (Å²) in [5.41, 5.74) is 2.59. The van der Waals surface area contributed by atoms with Crippen LogP contribution in [0.1, 0.15) is 17.5 Å². The van der Waals surface area contributed by atoms with Crippen LogP contribution in [0.3, 0.4) is 0 Å². The highest BCUT2D eigenvalue weighted by Crippen LogP contribution is 2.26. The minimum Gasteiger partial charge on any atom is -0.280 e. The third-order valence-electron chi connectivity index (χ3n) is 4.07. The number of anilines is 1. The van der Waals surface area contributed by atoms with Gasteiger partial charge >= 0.3 is 0 Å². The fraction of sp³-hybridized carbons (Fsp3) is 0.250. The van der Waals surface area contributed by atoms with E-state index in [0.717, 1.165) is 24.8 Å². The quantitative estimate of drug-likeness (QED) is 0.845. The number of aryl methyl sites for hydroxylation is 2. The molecule has 1 aliphatic carbocycles. The van der Waals surface area contributed by atoms with Crippen molar-refractivity contribution < 1.29 is 16.8 Å². The Morgan fingerprint density at radius 1 is 0.792 bits per heavy atom. The second-order valence-electron chi connectivity index (χ2n) is 5.62. The van der Waals surface area contributed by atoms with E-state index in [1.165, 1.54) is 36.9 Å². The monoisotopic (exact) mass is 366 g/mol. The Kier molecular flexibility index (Phi) is 4.37. The number of hydrogen-bond donors (Lipinski definition) is 2. The van der Waals surface area contributed by atoms with Crippen LogP contribution in [0, 0.1) is 0 Å². The molecule has 24 heavy (non-hydrogen) atoms. The van der Waals surface area contributed by atoms with Gasteiger partial charge in [-0.1, -0.05) is 6.07 Å². The van der Waals surface area contributed by atoms with E-state index < -0.39 is 20.0 Å². The van der Waals surface area contributed by atoms with Gasteiger partial charge in [0, 0.05) is 5.69 Å². The maximum absolute atomic E-state index is 12.5. The van der Waals surface area contributed by atoms with Crippen molar-refractivity contribution in [2.24, 2.45) is 0 Å². The Morgan fingerprint density at radius 3 is 2.08 bits per heavy atom. The van der Waals surface area contributed by atoms with Gasteiger partial charge in [-0.2, -0.15) is 0 Å². The van der Waals surface area contributed by atoms with Gasteiger partial charge < -0.3 is 0 Å². The molecule has 6 nitrogen and oxygen atoms in total. The van der Waals surface area contributed by atoms with Crippen molar-refractivity contribution in [3.8, 4) is 0 Å². The molecule has 2 aromatic rings. The first-order chi connectivity index (χ1) is 11.3. The molecule has 0 spiro atoms. The van der Waals surface area contributed by atoms with Gasteiger partial charge in [-0.05, 0) is 73.8 Å². The molecule has 0 bridgehead atoms. The standard InChI is InChI=1S/C16H18N2O4S2/c1-17-23(19,20)15-9-6-14(7-10-15)18-24(21,22)16-8-5-12-3-2-4-13(12)11-16/h5-11,17-18H,2-4H2,1H3. The highest BCUT2D eigenvalue weighted by Gasteiger charge is 2.19. The van der Waals surface area contributed by atoms with Gasteiger partial charge in [0.1, 0.15) is 0 Å². The third-order valence-corrected chi connectivity index (χ3v) is 6.88. The largest absolute Gasteiger partial charge is 0.280 e. The van der Waals surface area contributed by atoms with Gasteiger partial charge in [0.05, 0.1) is 9.79 Å². The molecule has 8 heteroatoms. The van der Waals surface area contributed by atoms with E-state index in [2.05, 4.69) is 9.44 Å². The Morgan fingerprint density at radius 2 is 1.42 bits per heavy atom. The van der Waals surface area contributed by atoms with Crippen molar-refractivity contribution in [2.75, 3.05) is 11.8 Å². The predicted octanol–water partition coefficient (Wildman–Crippen LogP) is 1.88. The molecule has 1 aliphatic rings. The van der Waals surface area contributed by atoms with Crippen LogP contribution in [0.25, 0.3) is 0 Å². The number of rotatable bonds is 5. The number of benzene rings is 2. The van der Waals surface area contributed by atoms with E-state index in [1.807, 2.05) is 6.07 Å². The highest BCUT2D eigenvalue weighted by molar-refractivity contribution is 7.92. The summed E-state index contributed by atoms with van der Waals surface area (Å²) in [5, 5.41) is 0. The molecule has 0 fully saturated rings. The second-order valence-corrected chi connectivity index (χ2v) is 9.19. The molecule has 128 valence electrons. The number of fused-ring (bicyclic) bond motifs is 1. The van der Waals surface area contributed by atoms with Crippen molar-refractivity contribution in [3.05, 3.63) is 53.6 Å². The zero-order chi connectivity index (χ0) is 17.4. The molecule has 0 saturated carbocycles. The van der Waals surface area contributed by atoms with Crippen LogP contribution in [0.4, 0.5) is 5.69 Å². The van der Waals surface area contributed by atoms with Gasteiger partial charge in [-0.25, -0.2) is 21.6 Å². The molecule has 2 aromatic carbocycles. The molecule has 0 radical (unpaired) electrons. The summed E-state index contributed by atoms with van der Waals surface area (Å²) in [5.74, 6) is 0. The lowest BCUT2D eigenvalue weighted by Gasteiger charge is -2.10. The fourth-order valence-corrected chi connectivity index (χ4v) is 4.59. The SMILES string of the molecule is CNS(=O)(=O)c1ccc(NS(=O)(=O)c2ccc3c(c2)CCC3)cc1. The summed E-state index contributed by atoms with van der Waals surface area (Å²) in [6.07, 6.45) is 2.94. The third kappa shape index (κ3) is 3.31. The summed E-state index contributed by atoms with van der Waals surface area (Å²) in [6.45, 7) is 0. The maximum Gasteiger partial charge on any atom is 0.261 e. The molecule has 0 saturated heterocycles. The van der Waals surface area contributed by atoms with Crippen molar-refractivity contribution in [3.63, 3.8) is 0 Å². The average molecular weight is 366 g/mol. The van der Waals surface area contributed by atoms with Gasteiger partial charge in [-0.15, -0.1) is 0 Å². The van der Waals surface area contributed by atoms with E-state index in [0.29, 0.717) is 5.69 Å². The molecule has 3 rings (SSSR count). The minimum atomic E-state index is -3.70. The summed E-state index contributed by atoms with van der Waals surface area (Å²) in [6, 6.07) is 10.7. The lowest BCUT2D eigenvalue weighted by molar-refractivity contribution is 0.588. The first kappa shape index (κ1) is 16.9. The smallest absolute Gasteiger partial charge is 0.261 e. The summed E-state index contributed by atoms with van der Waals surface area (Å²) in [4.78, 5) is 0.292. The number of sulfonamides is 2. The fourth-order valence-electron chi connectivity index (χ4n) is 2.75. The van der Waals surface area contributed by atoms with Gasteiger partial charge in [0.15, 0.2) is 0 Å². The molecular weight excluding hydrogens is 348 g/mol. The van der Waals surface area contributed by atoms with Crippen molar-refractivity contribution in [2.45, 2.75) is 29.1 Å². The molecule has 0 atom stereocenters. The zero-order valence-electron chi connectivity index (χ0n) is 13.1. The summed E-state index contributed by atoms with van der Waals surface area (Å²) < 4.78 is 53.0. The van der Waals surface area contributed by atoms with Crippen LogP contribution in [-0.2, 0) is 32.9 Å². The molecule has 0 aromatic heterocycles. The van der Waals surface area contributed by atoms with E-state index >= 15 is 0 Å². The van der Waals surface area contributed by atoms with Crippen LogP contribution in [0.5, 0.6) is 0 Å². The van der Waals surface area contributed by atoms with E-state index in [1.54, 1.807) is 12.1 Å². The molecular formula is C16H18N2O4S2. The maximum atomic E-state index is 12.5. The van der Waals surface area contributed by atoms with E-state index in [9.17, 15) is 16.8 Å². The van der Waals surface area contributed by atoms with Crippen molar-refractivity contribution in [1.82, 2.24) is 4.72 Å².